The van der Waals surface area contributed by atoms with E-state index in [1.807, 2.05) is 0 Å². The first-order chi connectivity index (χ1) is 8.51. The molecule has 0 aliphatic carbocycles. The van der Waals surface area contributed by atoms with Crippen molar-refractivity contribution in [2.75, 3.05) is 12.0 Å². The predicted octanol–water partition coefficient (Wildman–Crippen LogP) is 2.88. The Hall–Kier alpha value is -1.28. The molecule has 1 aromatic carbocycles. The minimum Gasteiger partial charge on any atom is -0.368 e. The molecule has 0 aliphatic rings. The SMILES string of the molecule is CSc1nc(N)nc(-c2c(F)cc(Br)cc2F)n1. The Bertz CT molecular complexity index is 585. The van der Waals surface area contributed by atoms with E-state index in [2.05, 4.69) is 30.9 Å². The second-order valence-corrected chi connectivity index (χ2v) is 4.94. The van der Waals surface area contributed by atoms with Gasteiger partial charge in [-0.25, -0.2) is 13.8 Å². The number of nitrogens with zero attached hydrogens (tertiary/aromatic N) is 3. The van der Waals surface area contributed by atoms with E-state index in [0.717, 1.165) is 12.1 Å². The minimum atomic E-state index is -0.764. The zero-order valence-electron chi connectivity index (χ0n) is 9.12. The molecule has 18 heavy (non-hydrogen) atoms. The number of benzene rings is 1. The Labute approximate surface area is 114 Å². The molecule has 2 N–H and O–H groups in total. The molecule has 4 nitrogen and oxygen atoms in total. The first-order valence-electron chi connectivity index (χ1n) is 4.71. The van der Waals surface area contributed by atoms with Gasteiger partial charge >= 0.3 is 0 Å². The van der Waals surface area contributed by atoms with Gasteiger partial charge in [-0.05, 0) is 18.4 Å². The lowest BCUT2D eigenvalue weighted by Crippen LogP contribution is -2.03. The molecule has 0 unspecified atom stereocenters. The van der Waals surface area contributed by atoms with Crippen molar-refractivity contribution in [3.63, 3.8) is 0 Å². The zero-order valence-corrected chi connectivity index (χ0v) is 11.5. The van der Waals surface area contributed by atoms with Crippen LogP contribution in [-0.2, 0) is 0 Å². The Morgan fingerprint density at radius 2 is 1.78 bits per heavy atom. The van der Waals surface area contributed by atoms with Gasteiger partial charge in [0.1, 0.15) is 11.6 Å². The summed E-state index contributed by atoms with van der Waals surface area (Å²) in [4.78, 5) is 11.5. The van der Waals surface area contributed by atoms with Gasteiger partial charge in [0.05, 0.1) is 5.56 Å². The molecule has 0 saturated heterocycles. The molecule has 1 heterocycles. The molecule has 0 spiro atoms. The van der Waals surface area contributed by atoms with E-state index < -0.39 is 11.6 Å². The van der Waals surface area contributed by atoms with Crippen LogP contribution in [0.15, 0.2) is 21.8 Å². The Morgan fingerprint density at radius 1 is 1.17 bits per heavy atom. The maximum atomic E-state index is 13.7. The van der Waals surface area contributed by atoms with Crippen molar-refractivity contribution in [3.05, 3.63) is 28.2 Å². The molecular formula is C10H7BrF2N4S. The molecule has 0 atom stereocenters. The molecule has 94 valence electrons. The molecule has 0 amide bonds. The lowest BCUT2D eigenvalue weighted by Gasteiger charge is -2.06. The van der Waals surface area contributed by atoms with E-state index in [0.29, 0.717) is 9.63 Å². The Kier molecular flexibility index (Phi) is 3.76. The predicted molar refractivity (Wildman–Crippen MR) is 69.1 cm³/mol. The molecular weight excluding hydrogens is 326 g/mol. The number of aromatic nitrogens is 3. The highest BCUT2D eigenvalue weighted by Crippen LogP contribution is 2.27. The van der Waals surface area contributed by atoms with Crippen LogP contribution < -0.4 is 5.73 Å². The van der Waals surface area contributed by atoms with Crippen LogP contribution in [-0.4, -0.2) is 21.2 Å². The van der Waals surface area contributed by atoms with E-state index in [1.54, 1.807) is 6.26 Å². The van der Waals surface area contributed by atoms with Crippen LogP contribution in [0.1, 0.15) is 0 Å². The van der Waals surface area contributed by atoms with E-state index in [9.17, 15) is 8.78 Å². The monoisotopic (exact) mass is 332 g/mol. The number of hydrogen-bond donors (Lipinski definition) is 1. The number of thioether (sulfide) groups is 1. The van der Waals surface area contributed by atoms with Crippen LogP contribution in [0.5, 0.6) is 0 Å². The van der Waals surface area contributed by atoms with Crippen LogP contribution in [0.3, 0.4) is 0 Å². The average molecular weight is 333 g/mol. The fourth-order valence-electron chi connectivity index (χ4n) is 1.33. The summed E-state index contributed by atoms with van der Waals surface area (Å²) >= 11 is 4.21. The Morgan fingerprint density at radius 3 is 2.33 bits per heavy atom. The first-order valence-corrected chi connectivity index (χ1v) is 6.73. The summed E-state index contributed by atoms with van der Waals surface area (Å²) in [5.41, 5.74) is 5.16. The van der Waals surface area contributed by atoms with Crippen LogP contribution in [0.2, 0.25) is 0 Å². The molecule has 1 aromatic heterocycles. The lowest BCUT2D eigenvalue weighted by molar-refractivity contribution is 0.585. The summed E-state index contributed by atoms with van der Waals surface area (Å²) in [5, 5.41) is 0.305. The summed E-state index contributed by atoms with van der Waals surface area (Å²) in [5.74, 6) is -1.72. The fourth-order valence-corrected chi connectivity index (χ4v) is 2.10. The van der Waals surface area contributed by atoms with Gasteiger partial charge in [0.15, 0.2) is 11.0 Å². The third-order valence-corrected chi connectivity index (χ3v) is 3.05. The summed E-state index contributed by atoms with van der Waals surface area (Å²) in [6.07, 6.45) is 1.73. The van der Waals surface area contributed by atoms with Crippen molar-refractivity contribution in [3.8, 4) is 11.4 Å². The molecule has 0 saturated carbocycles. The highest BCUT2D eigenvalue weighted by Gasteiger charge is 2.17. The number of nitrogen functional groups attached to an aromatic ring is 1. The second-order valence-electron chi connectivity index (χ2n) is 3.25. The molecule has 2 rings (SSSR count). The quantitative estimate of drug-likeness (QED) is 0.856. The molecule has 0 bridgehead atoms. The van der Waals surface area contributed by atoms with E-state index >= 15 is 0 Å². The van der Waals surface area contributed by atoms with Crippen LogP contribution in [0.4, 0.5) is 14.7 Å². The highest BCUT2D eigenvalue weighted by atomic mass is 79.9. The molecule has 8 heteroatoms. The summed E-state index contributed by atoms with van der Waals surface area (Å²) in [7, 11) is 0. The van der Waals surface area contributed by atoms with Gasteiger partial charge in [0, 0.05) is 4.47 Å². The molecule has 0 radical (unpaired) electrons. The largest absolute Gasteiger partial charge is 0.368 e. The van der Waals surface area contributed by atoms with Gasteiger partial charge in [0.2, 0.25) is 5.95 Å². The lowest BCUT2D eigenvalue weighted by atomic mass is 10.2. The van der Waals surface area contributed by atoms with Gasteiger partial charge in [-0.2, -0.15) is 9.97 Å². The number of nitrogens with two attached hydrogens (primary N) is 1. The maximum Gasteiger partial charge on any atom is 0.224 e. The third-order valence-electron chi connectivity index (χ3n) is 2.05. The normalized spacial score (nSPS) is 10.7. The number of halogens is 3. The molecule has 2 aromatic rings. The van der Waals surface area contributed by atoms with Gasteiger partial charge in [-0.3, -0.25) is 0 Å². The van der Waals surface area contributed by atoms with E-state index in [4.69, 9.17) is 5.73 Å². The number of hydrogen-bond acceptors (Lipinski definition) is 5. The first kappa shape index (κ1) is 13.2. The highest BCUT2D eigenvalue weighted by molar-refractivity contribution is 9.10. The van der Waals surface area contributed by atoms with Crippen molar-refractivity contribution in [1.29, 1.82) is 0 Å². The Balaban J connectivity index is 2.65. The van der Waals surface area contributed by atoms with Crippen molar-refractivity contribution in [1.82, 2.24) is 15.0 Å². The van der Waals surface area contributed by atoms with Crippen molar-refractivity contribution in [2.24, 2.45) is 0 Å². The topological polar surface area (TPSA) is 64.7 Å². The van der Waals surface area contributed by atoms with Crippen LogP contribution >= 0.6 is 27.7 Å². The molecule has 0 fully saturated rings. The van der Waals surface area contributed by atoms with Crippen LogP contribution in [0.25, 0.3) is 11.4 Å². The second kappa shape index (κ2) is 5.15. The van der Waals surface area contributed by atoms with Gasteiger partial charge in [0.25, 0.3) is 0 Å². The molecule has 0 aliphatic heterocycles. The average Bonchev–Trinajstić information content (AvgIpc) is 2.26. The summed E-state index contributed by atoms with van der Waals surface area (Å²) in [6, 6.07) is 2.27. The fraction of sp³-hybridized carbons (Fsp3) is 0.100. The standard InChI is InChI=1S/C10H7BrF2N4S/c1-18-10-16-8(15-9(14)17-10)7-5(12)2-4(11)3-6(7)13/h2-3H,1H3,(H2,14,15,16,17). The summed E-state index contributed by atoms with van der Waals surface area (Å²) in [6.45, 7) is 0. The number of rotatable bonds is 2. The minimum absolute atomic E-state index is 0.0777. The zero-order chi connectivity index (χ0) is 13.3. The van der Waals surface area contributed by atoms with Crippen molar-refractivity contribution in [2.45, 2.75) is 5.16 Å². The van der Waals surface area contributed by atoms with E-state index in [1.165, 1.54) is 11.8 Å². The van der Waals surface area contributed by atoms with Crippen molar-refractivity contribution >= 4 is 33.6 Å². The maximum absolute atomic E-state index is 13.7. The van der Waals surface area contributed by atoms with Crippen LogP contribution in [0, 0.1) is 11.6 Å². The van der Waals surface area contributed by atoms with Crippen molar-refractivity contribution < 1.29 is 8.78 Å². The van der Waals surface area contributed by atoms with Gasteiger partial charge < -0.3 is 5.73 Å². The van der Waals surface area contributed by atoms with E-state index in [-0.39, 0.29) is 17.3 Å². The summed E-state index contributed by atoms with van der Waals surface area (Å²) < 4.78 is 27.8. The third kappa shape index (κ3) is 2.59. The smallest absolute Gasteiger partial charge is 0.224 e. The number of anilines is 1. The van der Waals surface area contributed by atoms with Gasteiger partial charge in [-0.15, -0.1) is 0 Å². The van der Waals surface area contributed by atoms with Gasteiger partial charge in [-0.1, -0.05) is 27.7 Å².